The number of halogens is 2. The van der Waals surface area contributed by atoms with Gasteiger partial charge in [0.2, 0.25) is 0 Å². The van der Waals surface area contributed by atoms with Gasteiger partial charge in [-0.15, -0.1) is 0 Å². The highest BCUT2D eigenvalue weighted by Gasteiger charge is 2.13. The normalized spacial score (nSPS) is 12.8. The summed E-state index contributed by atoms with van der Waals surface area (Å²) in [5, 5.41) is 9.69. The molecule has 1 N–H and O–H groups in total. The molecule has 0 aromatic heterocycles. The first-order valence-electron chi connectivity index (χ1n) is 6.27. The quantitative estimate of drug-likeness (QED) is 0.741. The Balaban J connectivity index is 2.42. The largest absolute Gasteiger partial charge is 0.491 e. The molecule has 4 nitrogen and oxygen atoms in total. The fourth-order valence-corrected chi connectivity index (χ4v) is 1.72. The second-order valence-electron chi connectivity index (χ2n) is 4.66. The van der Waals surface area contributed by atoms with E-state index in [1.54, 1.807) is 24.3 Å². The Morgan fingerprint density at radius 1 is 1.40 bits per heavy atom. The highest BCUT2D eigenvalue weighted by molar-refractivity contribution is 5.94. The first-order valence-corrected chi connectivity index (χ1v) is 6.27. The molecule has 1 aromatic rings. The third-order valence-corrected chi connectivity index (χ3v) is 2.66. The van der Waals surface area contributed by atoms with Crippen LogP contribution < -0.4 is 4.74 Å². The Hall–Kier alpha value is -1.53. The Kier molecular flexibility index (Phi) is 6.54. The summed E-state index contributed by atoms with van der Waals surface area (Å²) in [5.74, 6) is 0.390. The Morgan fingerprint density at radius 2 is 2.10 bits per heavy atom. The van der Waals surface area contributed by atoms with Crippen LogP contribution in [0.25, 0.3) is 0 Å². The van der Waals surface area contributed by atoms with Crippen LogP contribution in [0.3, 0.4) is 0 Å². The van der Waals surface area contributed by atoms with Crippen LogP contribution in [-0.4, -0.2) is 55.1 Å². The molecule has 0 saturated carbocycles. The van der Waals surface area contributed by atoms with Crippen LogP contribution in [0.5, 0.6) is 5.75 Å². The maximum absolute atomic E-state index is 12.1. The van der Waals surface area contributed by atoms with Gasteiger partial charge in [0.1, 0.15) is 18.5 Å². The van der Waals surface area contributed by atoms with E-state index >= 15 is 0 Å². The van der Waals surface area contributed by atoms with Crippen molar-refractivity contribution in [1.82, 2.24) is 4.90 Å². The maximum Gasteiger partial charge on any atom is 0.251 e. The van der Waals surface area contributed by atoms with Gasteiger partial charge in [0.05, 0.1) is 6.54 Å². The van der Waals surface area contributed by atoms with Crippen molar-refractivity contribution in [3.63, 3.8) is 0 Å². The van der Waals surface area contributed by atoms with E-state index in [2.05, 4.69) is 0 Å². The van der Waals surface area contributed by atoms with Crippen molar-refractivity contribution < 1.29 is 23.4 Å². The van der Waals surface area contributed by atoms with Crippen LogP contribution in [0.1, 0.15) is 17.3 Å². The van der Waals surface area contributed by atoms with Crippen LogP contribution in [-0.2, 0) is 0 Å². The SMILES string of the molecule is CC(=O)c1cccc(OCC(O)CN(C)CC(F)F)c1. The Morgan fingerprint density at radius 3 is 2.70 bits per heavy atom. The van der Waals surface area contributed by atoms with Gasteiger partial charge in [-0.25, -0.2) is 8.78 Å². The average molecular weight is 287 g/mol. The van der Waals surface area contributed by atoms with E-state index in [1.807, 2.05) is 0 Å². The monoisotopic (exact) mass is 287 g/mol. The summed E-state index contributed by atoms with van der Waals surface area (Å²) in [5.41, 5.74) is 0.520. The van der Waals surface area contributed by atoms with E-state index in [-0.39, 0.29) is 18.9 Å². The van der Waals surface area contributed by atoms with Crippen molar-refractivity contribution in [3.8, 4) is 5.75 Å². The Bertz CT molecular complexity index is 440. The van der Waals surface area contributed by atoms with Crippen LogP contribution in [0.15, 0.2) is 24.3 Å². The molecule has 0 radical (unpaired) electrons. The van der Waals surface area contributed by atoms with E-state index in [1.165, 1.54) is 18.9 Å². The fourth-order valence-electron chi connectivity index (χ4n) is 1.72. The molecule has 0 aliphatic rings. The number of likely N-dealkylation sites (N-methyl/N-ethyl adjacent to an activating group) is 1. The van der Waals surface area contributed by atoms with Gasteiger partial charge in [-0.2, -0.15) is 0 Å². The number of aliphatic hydroxyl groups excluding tert-OH is 1. The molecule has 0 bridgehead atoms. The van der Waals surface area contributed by atoms with Gasteiger partial charge in [0.15, 0.2) is 5.78 Å². The van der Waals surface area contributed by atoms with E-state index in [4.69, 9.17) is 4.74 Å². The van der Waals surface area contributed by atoms with Gasteiger partial charge in [0.25, 0.3) is 6.43 Å². The van der Waals surface area contributed by atoms with E-state index in [0.29, 0.717) is 11.3 Å². The van der Waals surface area contributed by atoms with Crippen molar-refractivity contribution >= 4 is 5.78 Å². The van der Waals surface area contributed by atoms with Crippen molar-refractivity contribution in [1.29, 1.82) is 0 Å². The summed E-state index contributed by atoms with van der Waals surface area (Å²) in [7, 11) is 1.51. The zero-order valence-electron chi connectivity index (χ0n) is 11.6. The van der Waals surface area contributed by atoms with E-state index < -0.39 is 19.1 Å². The number of alkyl halides is 2. The second-order valence-corrected chi connectivity index (χ2v) is 4.66. The summed E-state index contributed by atoms with van der Waals surface area (Å²) in [6.45, 7) is 1.13. The molecule has 20 heavy (non-hydrogen) atoms. The molecule has 0 spiro atoms. The number of ketones is 1. The first kappa shape index (κ1) is 16.5. The van der Waals surface area contributed by atoms with Crippen LogP contribution in [0.2, 0.25) is 0 Å². The number of carbonyl (C=O) groups excluding carboxylic acids is 1. The number of hydrogen-bond acceptors (Lipinski definition) is 4. The molecule has 1 aromatic carbocycles. The molecular weight excluding hydrogens is 268 g/mol. The number of nitrogens with zero attached hydrogens (tertiary/aromatic N) is 1. The van der Waals surface area contributed by atoms with Crippen LogP contribution in [0.4, 0.5) is 8.78 Å². The number of Topliss-reactive ketones (excluding diaryl/α,β-unsaturated/α-hetero) is 1. The van der Waals surface area contributed by atoms with E-state index in [9.17, 15) is 18.7 Å². The average Bonchev–Trinajstić information content (AvgIpc) is 2.35. The van der Waals surface area contributed by atoms with E-state index in [0.717, 1.165) is 0 Å². The Labute approximate surface area is 117 Å². The third-order valence-electron chi connectivity index (χ3n) is 2.66. The standard InChI is InChI=1S/C14H19F2NO3/c1-10(18)11-4-3-5-13(6-11)20-9-12(19)7-17(2)8-14(15)16/h3-6,12,14,19H,7-9H2,1-2H3. The number of rotatable bonds is 8. The van der Waals surface area contributed by atoms with Gasteiger partial charge >= 0.3 is 0 Å². The molecule has 6 heteroatoms. The number of hydrogen-bond donors (Lipinski definition) is 1. The zero-order valence-corrected chi connectivity index (χ0v) is 11.6. The molecule has 0 heterocycles. The molecular formula is C14H19F2NO3. The maximum atomic E-state index is 12.1. The van der Waals surface area contributed by atoms with Gasteiger partial charge in [-0.1, -0.05) is 12.1 Å². The van der Waals surface area contributed by atoms with Crippen molar-refractivity contribution in [2.24, 2.45) is 0 Å². The minimum atomic E-state index is -2.43. The lowest BCUT2D eigenvalue weighted by Gasteiger charge is -2.20. The topological polar surface area (TPSA) is 49.8 Å². The minimum Gasteiger partial charge on any atom is -0.491 e. The lowest BCUT2D eigenvalue weighted by Crippen LogP contribution is -2.35. The highest BCUT2D eigenvalue weighted by Crippen LogP contribution is 2.14. The van der Waals surface area contributed by atoms with Gasteiger partial charge in [0, 0.05) is 12.1 Å². The molecule has 1 atom stereocenters. The third kappa shape index (κ3) is 6.08. The smallest absolute Gasteiger partial charge is 0.251 e. The molecule has 0 fully saturated rings. The summed E-state index contributed by atoms with van der Waals surface area (Å²) >= 11 is 0. The van der Waals surface area contributed by atoms with Crippen molar-refractivity contribution in [3.05, 3.63) is 29.8 Å². The predicted octanol–water partition coefficient (Wildman–Crippen LogP) is 1.83. The summed E-state index contributed by atoms with van der Waals surface area (Å²) in [6, 6.07) is 6.60. The molecule has 0 amide bonds. The second kappa shape index (κ2) is 7.91. The zero-order chi connectivity index (χ0) is 15.1. The minimum absolute atomic E-state index is 0.0189. The lowest BCUT2D eigenvalue weighted by molar-refractivity contribution is 0.0473. The summed E-state index contributed by atoms with van der Waals surface area (Å²) in [4.78, 5) is 12.5. The highest BCUT2D eigenvalue weighted by atomic mass is 19.3. The number of ether oxygens (including phenoxy) is 1. The van der Waals surface area contributed by atoms with Crippen molar-refractivity contribution in [2.75, 3.05) is 26.7 Å². The van der Waals surface area contributed by atoms with Crippen molar-refractivity contribution in [2.45, 2.75) is 19.5 Å². The molecule has 1 unspecified atom stereocenters. The molecule has 0 aliphatic carbocycles. The summed E-state index contributed by atoms with van der Waals surface area (Å²) < 4.78 is 29.6. The van der Waals surface area contributed by atoms with Gasteiger partial charge < -0.3 is 9.84 Å². The molecule has 1 rings (SSSR count). The first-order chi connectivity index (χ1) is 9.38. The summed E-state index contributed by atoms with van der Waals surface area (Å²) in [6.07, 6.45) is -3.31. The fraction of sp³-hybridized carbons (Fsp3) is 0.500. The molecule has 0 saturated heterocycles. The number of benzene rings is 1. The molecule has 112 valence electrons. The van der Waals surface area contributed by atoms with Crippen LogP contribution >= 0.6 is 0 Å². The molecule has 0 aliphatic heterocycles. The van der Waals surface area contributed by atoms with Gasteiger partial charge in [-0.05, 0) is 26.1 Å². The number of carbonyl (C=O) groups is 1. The van der Waals surface area contributed by atoms with Gasteiger partial charge in [-0.3, -0.25) is 9.69 Å². The number of aliphatic hydroxyl groups is 1. The predicted molar refractivity (Wildman–Crippen MR) is 71.4 cm³/mol. The van der Waals surface area contributed by atoms with Crippen LogP contribution in [0, 0.1) is 0 Å². The lowest BCUT2D eigenvalue weighted by atomic mass is 10.1.